The summed E-state index contributed by atoms with van der Waals surface area (Å²) in [5, 5.41) is 0. The Kier molecular flexibility index (Phi) is 1.74. The first-order valence-corrected chi connectivity index (χ1v) is 3.44. The molecule has 52 valence electrons. The standard InChI is InChI=1S/C7H12O2/c1-3-6-4-5(2)7(8)9-6/h5-6H,3-4H2,1-2H3/t5?,6-/m1/s1. The second kappa shape index (κ2) is 2.38. The molecule has 1 aliphatic rings. The molecule has 9 heavy (non-hydrogen) atoms. The van der Waals surface area contributed by atoms with Crippen LogP contribution in [0.15, 0.2) is 0 Å². The van der Waals surface area contributed by atoms with Crippen LogP contribution in [-0.4, -0.2) is 12.1 Å². The van der Waals surface area contributed by atoms with Crippen LogP contribution in [-0.2, 0) is 9.53 Å². The van der Waals surface area contributed by atoms with Gasteiger partial charge in [-0.25, -0.2) is 0 Å². The SMILES string of the molecule is CC[C@@H]1CC(C)C(=O)O1. The summed E-state index contributed by atoms with van der Waals surface area (Å²) in [4.78, 5) is 10.7. The number of carbonyl (C=O) groups is 1. The van der Waals surface area contributed by atoms with Gasteiger partial charge < -0.3 is 4.74 Å². The molecule has 0 aromatic heterocycles. The molecule has 0 saturated carbocycles. The van der Waals surface area contributed by atoms with Crippen molar-refractivity contribution in [1.82, 2.24) is 0 Å². The van der Waals surface area contributed by atoms with Gasteiger partial charge in [-0.3, -0.25) is 4.79 Å². The molecule has 0 bridgehead atoms. The van der Waals surface area contributed by atoms with Crippen LogP contribution in [0.2, 0.25) is 0 Å². The lowest BCUT2D eigenvalue weighted by molar-refractivity contribution is -0.143. The van der Waals surface area contributed by atoms with Crippen LogP contribution in [0.3, 0.4) is 0 Å². The number of ether oxygens (including phenoxy) is 1. The zero-order chi connectivity index (χ0) is 6.85. The first-order valence-electron chi connectivity index (χ1n) is 3.44. The summed E-state index contributed by atoms with van der Waals surface area (Å²) < 4.78 is 4.98. The number of hydrogen-bond donors (Lipinski definition) is 0. The Hall–Kier alpha value is -0.530. The quantitative estimate of drug-likeness (QED) is 0.498. The van der Waals surface area contributed by atoms with Gasteiger partial charge in [0.1, 0.15) is 6.10 Å². The molecular weight excluding hydrogens is 116 g/mol. The molecule has 1 heterocycles. The minimum atomic E-state index is -0.0261. The van der Waals surface area contributed by atoms with E-state index in [1.165, 1.54) is 0 Å². The third kappa shape index (κ3) is 1.23. The number of hydrogen-bond acceptors (Lipinski definition) is 2. The molecule has 1 aliphatic heterocycles. The average Bonchev–Trinajstić information content (AvgIpc) is 2.13. The summed E-state index contributed by atoms with van der Waals surface area (Å²) in [5.74, 6) is 0.108. The monoisotopic (exact) mass is 128 g/mol. The van der Waals surface area contributed by atoms with E-state index in [-0.39, 0.29) is 18.0 Å². The lowest BCUT2D eigenvalue weighted by atomic mass is 10.1. The fourth-order valence-corrected chi connectivity index (χ4v) is 1.07. The molecule has 2 nitrogen and oxygen atoms in total. The van der Waals surface area contributed by atoms with E-state index in [1.54, 1.807) is 0 Å². The molecular formula is C7H12O2. The van der Waals surface area contributed by atoms with Crippen LogP contribution >= 0.6 is 0 Å². The molecule has 0 spiro atoms. The summed E-state index contributed by atoms with van der Waals surface area (Å²) in [5.41, 5.74) is 0. The molecule has 1 fully saturated rings. The van der Waals surface area contributed by atoms with Crippen LogP contribution in [0.1, 0.15) is 26.7 Å². The fraction of sp³-hybridized carbons (Fsp3) is 0.857. The van der Waals surface area contributed by atoms with Crippen molar-refractivity contribution in [2.45, 2.75) is 32.8 Å². The lowest BCUT2D eigenvalue weighted by Gasteiger charge is -2.01. The van der Waals surface area contributed by atoms with Gasteiger partial charge in [0.05, 0.1) is 5.92 Å². The normalized spacial score (nSPS) is 34.7. The lowest BCUT2D eigenvalue weighted by Crippen LogP contribution is -2.04. The molecule has 1 rings (SSSR count). The van der Waals surface area contributed by atoms with Gasteiger partial charge in [0.25, 0.3) is 0 Å². The van der Waals surface area contributed by atoms with Crippen molar-refractivity contribution >= 4 is 5.97 Å². The second-order valence-corrected chi connectivity index (χ2v) is 2.60. The topological polar surface area (TPSA) is 26.3 Å². The summed E-state index contributed by atoms with van der Waals surface area (Å²) >= 11 is 0. The molecule has 0 aromatic rings. The van der Waals surface area contributed by atoms with Crippen molar-refractivity contribution in [3.05, 3.63) is 0 Å². The maximum Gasteiger partial charge on any atom is 0.309 e. The van der Waals surface area contributed by atoms with E-state index in [1.807, 2.05) is 13.8 Å². The van der Waals surface area contributed by atoms with Gasteiger partial charge in [-0.05, 0) is 12.8 Å². The molecule has 0 aliphatic carbocycles. The number of rotatable bonds is 1. The van der Waals surface area contributed by atoms with E-state index in [0.717, 1.165) is 12.8 Å². The molecule has 0 amide bonds. The fourth-order valence-electron chi connectivity index (χ4n) is 1.07. The maximum absolute atomic E-state index is 10.7. The Morgan fingerprint density at radius 3 is 2.67 bits per heavy atom. The van der Waals surface area contributed by atoms with E-state index >= 15 is 0 Å². The number of esters is 1. The second-order valence-electron chi connectivity index (χ2n) is 2.60. The van der Waals surface area contributed by atoms with E-state index in [0.29, 0.717) is 0 Å². The summed E-state index contributed by atoms with van der Waals surface area (Å²) in [6.45, 7) is 3.95. The van der Waals surface area contributed by atoms with Gasteiger partial charge in [-0.2, -0.15) is 0 Å². The predicted molar refractivity (Wildman–Crippen MR) is 34.0 cm³/mol. The first kappa shape index (κ1) is 6.59. The van der Waals surface area contributed by atoms with Crippen molar-refractivity contribution in [3.63, 3.8) is 0 Å². The Bertz CT molecular complexity index is 120. The molecule has 2 atom stereocenters. The number of cyclic esters (lactones) is 1. The Labute approximate surface area is 55.2 Å². The van der Waals surface area contributed by atoms with Crippen LogP contribution in [0.4, 0.5) is 0 Å². The van der Waals surface area contributed by atoms with Crippen LogP contribution in [0, 0.1) is 5.92 Å². The highest BCUT2D eigenvalue weighted by Gasteiger charge is 2.29. The van der Waals surface area contributed by atoms with Crippen LogP contribution in [0.25, 0.3) is 0 Å². The predicted octanol–water partition coefficient (Wildman–Crippen LogP) is 1.35. The minimum Gasteiger partial charge on any atom is -0.462 e. The highest BCUT2D eigenvalue weighted by molar-refractivity contribution is 5.74. The van der Waals surface area contributed by atoms with Crippen LogP contribution in [0.5, 0.6) is 0 Å². The Morgan fingerprint density at radius 2 is 2.44 bits per heavy atom. The van der Waals surface area contributed by atoms with Gasteiger partial charge in [-0.15, -0.1) is 0 Å². The van der Waals surface area contributed by atoms with Crippen molar-refractivity contribution in [2.75, 3.05) is 0 Å². The van der Waals surface area contributed by atoms with Crippen molar-refractivity contribution < 1.29 is 9.53 Å². The minimum absolute atomic E-state index is 0.0261. The third-order valence-corrected chi connectivity index (χ3v) is 1.76. The largest absolute Gasteiger partial charge is 0.462 e. The molecule has 2 heteroatoms. The van der Waals surface area contributed by atoms with E-state index in [2.05, 4.69) is 0 Å². The van der Waals surface area contributed by atoms with Crippen LogP contribution < -0.4 is 0 Å². The van der Waals surface area contributed by atoms with Crippen molar-refractivity contribution in [2.24, 2.45) is 5.92 Å². The summed E-state index contributed by atoms with van der Waals surface area (Å²) in [6.07, 6.45) is 2.07. The maximum atomic E-state index is 10.7. The van der Waals surface area contributed by atoms with Crippen molar-refractivity contribution in [3.8, 4) is 0 Å². The first-order chi connectivity index (χ1) is 4.24. The highest BCUT2D eigenvalue weighted by atomic mass is 16.5. The molecule has 0 radical (unpaired) electrons. The third-order valence-electron chi connectivity index (χ3n) is 1.76. The summed E-state index contributed by atoms with van der Waals surface area (Å²) in [6, 6.07) is 0. The molecule has 1 saturated heterocycles. The molecule has 0 N–H and O–H groups in total. The van der Waals surface area contributed by atoms with Crippen molar-refractivity contribution in [1.29, 1.82) is 0 Å². The zero-order valence-corrected chi connectivity index (χ0v) is 5.89. The average molecular weight is 128 g/mol. The van der Waals surface area contributed by atoms with E-state index < -0.39 is 0 Å². The van der Waals surface area contributed by atoms with Gasteiger partial charge in [0, 0.05) is 0 Å². The smallest absolute Gasteiger partial charge is 0.309 e. The summed E-state index contributed by atoms with van der Waals surface area (Å²) in [7, 11) is 0. The zero-order valence-electron chi connectivity index (χ0n) is 5.89. The highest BCUT2D eigenvalue weighted by Crippen LogP contribution is 2.21. The van der Waals surface area contributed by atoms with E-state index in [4.69, 9.17) is 4.74 Å². The number of carbonyl (C=O) groups excluding carboxylic acids is 1. The van der Waals surface area contributed by atoms with E-state index in [9.17, 15) is 4.79 Å². The van der Waals surface area contributed by atoms with Gasteiger partial charge in [0.15, 0.2) is 0 Å². The van der Waals surface area contributed by atoms with Gasteiger partial charge in [0.2, 0.25) is 0 Å². The van der Waals surface area contributed by atoms with Gasteiger partial charge in [-0.1, -0.05) is 13.8 Å². The van der Waals surface area contributed by atoms with Gasteiger partial charge >= 0.3 is 5.97 Å². The Balaban J connectivity index is 2.44. The molecule has 1 unspecified atom stereocenters. The molecule has 0 aromatic carbocycles. The Morgan fingerprint density at radius 1 is 1.78 bits per heavy atom.